The van der Waals surface area contributed by atoms with Gasteiger partial charge in [0.1, 0.15) is 0 Å². The fourth-order valence-corrected chi connectivity index (χ4v) is 2.95. The lowest BCUT2D eigenvalue weighted by molar-refractivity contribution is -0.121. The summed E-state index contributed by atoms with van der Waals surface area (Å²) < 4.78 is 5.73. The van der Waals surface area contributed by atoms with Crippen molar-refractivity contribution in [2.45, 2.75) is 70.6 Å². The lowest BCUT2D eigenvalue weighted by Crippen LogP contribution is -2.32. The second kappa shape index (κ2) is 8.46. The first-order valence-electron chi connectivity index (χ1n) is 8.73. The molecule has 3 unspecified atom stereocenters. The Balaban J connectivity index is 1.70. The molecule has 0 radical (unpaired) electrons. The highest BCUT2D eigenvalue weighted by Gasteiger charge is 2.22. The molecule has 0 spiro atoms. The quantitative estimate of drug-likeness (QED) is 0.811. The second-order valence-corrected chi connectivity index (χ2v) is 6.92. The molecule has 1 aliphatic heterocycles. The van der Waals surface area contributed by atoms with Gasteiger partial charge in [-0.3, -0.25) is 4.79 Å². The van der Waals surface area contributed by atoms with Crippen molar-refractivity contribution in [3.05, 3.63) is 35.4 Å². The van der Waals surface area contributed by atoms with E-state index in [-0.39, 0.29) is 18.1 Å². The van der Waals surface area contributed by atoms with Crippen molar-refractivity contribution in [3.63, 3.8) is 0 Å². The minimum Gasteiger partial charge on any atom is -0.375 e. The predicted molar refractivity (Wildman–Crippen MR) is 93.3 cm³/mol. The first-order valence-corrected chi connectivity index (χ1v) is 8.73. The van der Waals surface area contributed by atoms with Gasteiger partial charge in [0, 0.05) is 19.0 Å². The molecule has 0 aromatic heterocycles. The molecule has 4 heteroatoms. The summed E-state index contributed by atoms with van der Waals surface area (Å²) in [5.41, 5.74) is 8.53. The summed E-state index contributed by atoms with van der Waals surface area (Å²) in [6.07, 6.45) is 4.06. The fraction of sp³-hybridized carbons (Fsp3) is 0.632. The molecule has 2 rings (SSSR count). The Morgan fingerprint density at radius 3 is 2.48 bits per heavy atom. The second-order valence-electron chi connectivity index (χ2n) is 6.92. The largest absolute Gasteiger partial charge is 0.375 e. The van der Waals surface area contributed by atoms with Gasteiger partial charge in [-0.1, -0.05) is 38.1 Å². The average molecular weight is 318 g/mol. The van der Waals surface area contributed by atoms with Gasteiger partial charge < -0.3 is 15.8 Å². The summed E-state index contributed by atoms with van der Waals surface area (Å²) in [7, 11) is 0. The highest BCUT2D eigenvalue weighted by Crippen LogP contribution is 2.22. The SMILES string of the molecule is CC1CCC(CCC(=O)NCC(N)c2ccc(C(C)C)cc2)O1. The summed E-state index contributed by atoms with van der Waals surface area (Å²) in [4.78, 5) is 11.9. The molecule has 1 saturated heterocycles. The van der Waals surface area contributed by atoms with E-state index in [0.29, 0.717) is 25.0 Å². The standard InChI is InChI=1S/C19H30N2O2/c1-13(2)15-5-7-16(8-6-15)18(20)12-21-19(22)11-10-17-9-4-14(3)23-17/h5-8,13-14,17-18H,4,9-12,20H2,1-3H3,(H,21,22). The third-order valence-corrected chi connectivity index (χ3v) is 4.56. The molecule has 1 aromatic rings. The Labute approximate surface area is 139 Å². The van der Waals surface area contributed by atoms with Crippen LogP contribution >= 0.6 is 0 Å². The first kappa shape index (κ1) is 18.0. The number of rotatable bonds is 7. The van der Waals surface area contributed by atoms with Crippen LogP contribution in [0.4, 0.5) is 0 Å². The lowest BCUT2D eigenvalue weighted by Gasteiger charge is -2.15. The Hall–Kier alpha value is -1.39. The maximum Gasteiger partial charge on any atom is 0.220 e. The number of nitrogens with one attached hydrogen (secondary N) is 1. The van der Waals surface area contributed by atoms with Gasteiger partial charge in [0.05, 0.1) is 12.2 Å². The van der Waals surface area contributed by atoms with Crippen LogP contribution in [0.5, 0.6) is 0 Å². The topological polar surface area (TPSA) is 64.4 Å². The molecular weight excluding hydrogens is 288 g/mol. The number of carbonyl (C=O) groups is 1. The van der Waals surface area contributed by atoms with Crippen LogP contribution in [0.15, 0.2) is 24.3 Å². The van der Waals surface area contributed by atoms with E-state index >= 15 is 0 Å². The highest BCUT2D eigenvalue weighted by atomic mass is 16.5. The highest BCUT2D eigenvalue weighted by molar-refractivity contribution is 5.75. The van der Waals surface area contributed by atoms with Gasteiger partial charge in [-0.25, -0.2) is 0 Å². The van der Waals surface area contributed by atoms with Crippen molar-refractivity contribution in [3.8, 4) is 0 Å². The fourth-order valence-electron chi connectivity index (χ4n) is 2.95. The number of nitrogens with two attached hydrogens (primary N) is 1. The Morgan fingerprint density at radius 2 is 1.91 bits per heavy atom. The predicted octanol–water partition coefficient (Wildman–Crippen LogP) is 3.27. The van der Waals surface area contributed by atoms with E-state index in [9.17, 15) is 4.79 Å². The molecule has 1 heterocycles. The van der Waals surface area contributed by atoms with Gasteiger partial charge in [-0.15, -0.1) is 0 Å². The van der Waals surface area contributed by atoms with Crippen molar-refractivity contribution in [2.75, 3.05) is 6.54 Å². The van der Waals surface area contributed by atoms with Crippen LogP contribution in [0.2, 0.25) is 0 Å². The number of ether oxygens (including phenoxy) is 1. The third-order valence-electron chi connectivity index (χ3n) is 4.56. The van der Waals surface area contributed by atoms with Gasteiger partial charge in [0.15, 0.2) is 0 Å². The van der Waals surface area contributed by atoms with Crippen molar-refractivity contribution >= 4 is 5.91 Å². The lowest BCUT2D eigenvalue weighted by atomic mass is 9.99. The van der Waals surface area contributed by atoms with Crippen molar-refractivity contribution in [2.24, 2.45) is 5.73 Å². The van der Waals surface area contributed by atoms with Crippen LogP contribution in [0.1, 0.15) is 69.5 Å². The van der Waals surface area contributed by atoms with Crippen LogP contribution in [0, 0.1) is 0 Å². The smallest absolute Gasteiger partial charge is 0.220 e. The molecule has 23 heavy (non-hydrogen) atoms. The Bertz CT molecular complexity index is 499. The Kier molecular flexibility index (Phi) is 6.60. The van der Waals surface area contributed by atoms with Crippen LogP contribution < -0.4 is 11.1 Å². The summed E-state index contributed by atoms with van der Waals surface area (Å²) in [5, 5.41) is 2.93. The maximum absolute atomic E-state index is 11.9. The van der Waals surface area contributed by atoms with Crippen LogP contribution in [-0.4, -0.2) is 24.7 Å². The molecule has 0 saturated carbocycles. The third kappa shape index (κ3) is 5.63. The van der Waals surface area contributed by atoms with E-state index in [2.05, 4.69) is 50.4 Å². The summed E-state index contributed by atoms with van der Waals surface area (Å²) in [6.45, 7) is 6.90. The van der Waals surface area contributed by atoms with E-state index in [1.807, 2.05) is 0 Å². The van der Waals surface area contributed by atoms with E-state index in [4.69, 9.17) is 10.5 Å². The minimum atomic E-state index is -0.164. The zero-order chi connectivity index (χ0) is 16.8. The number of amides is 1. The number of hydrogen-bond acceptors (Lipinski definition) is 3. The summed E-state index contributed by atoms with van der Waals surface area (Å²) in [5.74, 6) is 0.572. The molecule has 1 amide bonds. The average Bonchev–Trinajstić information content (AvgIpc) is 2.96. The Morgan fingerprint density at radius 1 is 1.26 bits per heavy atom. The molecule has 1 aromatic carbocycles. The van der Waals surface area contributed by atoms with Crippen molar-refractivity contribution in [1.82, 2.24) is 5.32 Å². The van der Waals surface area contributed by atoms with Gasteiger partial charge in [-0.2, -0.15) is 0 Å². The molecule has 0 bridgehead atoms. The van der Waals surface area contributed by atoms with Crippen LogP contribution in [0.3, 0.4) is 0 Å². The molecule has 3 atom stereocenters. The minimum absolute atomic E-state index is 0.0578. The van der Waals surface area contributed by atoms with E-state index < -0.39 is 0 Å². The van der Waals surface area contributed by atoms with E-state index in [1.165, 1.54) is 5.56 Å². The molecule has 0 aliphatic carbocycles. The molecule has 1 fully saturated rings. The normalized spacial score (nSPS) is 22.3. The van der Waals surface area contributed by atoms with Crippen LogP contribution in [-0.2, 0) is 9.53 Å². The zero-order valence-corrected chi connectivity index (χ0v) is 14.5. The van der Waals surface area contributed by atoms with E-state index in [1.54, 1.807) is 0 Å². The number of carbonyl (C=O) groups excluding carboxylic acids is 1. The van der Waals surface area contributed by atoms with Gasteiger partial charge in [0.25, 0.3) is 0 Å². The van der Waals surface area contributed by atoms with Crippen LogP contribution in [0.25, 0.3) is 0 Å². The van der Waals surface area contributed by atoms with Crippen molar-refractivity contribution in [1.29, 1.82) is 0 Å². The van der Waals surface area contributed by atoms with E-state index in [0.717, 1.165) is 24.8 Å². The van der Waals surface area contributed by atoms with Gasteiger partial charge >= 0.3 is 0 Å². The summed E-state index contributed by atoms with van der Waals surface area (Å²) in [6, 6.07) is 8.17. The van der Waals surface area contributed by atoms with Crippen molar-refractivity contribution < 1.29 is 9.53 Å². The molecule has 3 N–H and O–H groups in total. The molecular formula is C19H30N2O2. The number of hydrogen-bond donors (Lipinski definition) is 2. The van der Waals surface area contributed by atoms with Gasteiger partial charge in [0.2, 0.25) is 5.91 Å². The molecule has 4 nitrogen and oxygen atoms in total. The molecule has 1 aliphatic rings. The molecule has 128 valence electrons. The maximum atomic E-state index is 11.9. The first-order chi connectivity index (χ1) is 11.0. The number of benzene rings is 1. The monoisotopic (exact) mass is 318 g/mol. The summed E-state index contributed by atoms with van der Waals surface area (Å²) >= 11 is 0. The van der Waals surface area contributed by atoms with Gasteiger partial charge in [-0.05, 0) is 43.2 Å². The zero-order valence-electron chi connectivity index (χ0n) is 14.5.